The van der Waals surface area contributed by atoms with E-state index in [1.165, 1.54) is 0 Å². The molecule has 1 aromatic rings. The van der Waals surface area contributed by atoms with Crippen LogP contribution in [-0.4, -0.2) is 25.0 Å². The van der Waals surface area contributed by atoms with Gasteiger partial charge in [0, 0.05) is 23.7 Å². The second kappa shape index (κ2) is 5.99. The lowest BCUT2D eigenvalue weighted by molar-refractivity contribution is -0.123. The summed E-state index contributed by atoms with van der Waals surface area (Å²) in [5.74, 6) is 0.910. The Morgan fingerprint density at radius 2 is 2.05 bits per heavy atom. The van der Waals surface area contributed by atoms with Crippen LogP contribution in [0, 0.1) is 11.3 Å². The zero-order chi connectivity index (χ0) is 16.5. The van der Waals surface area contributed by atoms with Gasteiger partial charge in [-0.15, -0.1) is 0 Å². The maximum Gasteiger partial charge on any atom is 0.265 e. The number of hydrogen-bond acceptors (Lipinski definition) is 3. The van der Waals surface area contributed by atoms with Crippen molar-refractivity contribution in [1.82, 2.24) is 0 Å². The number of hydrogen-bond donors (Lipinski definition) is 1. The van der Waals surface area contributed by atoms with Crippen molar-refractivity contribution in [2.75, 3.05) is 23.4 Å². The van der Waals surface area contributed by atoms with Crippen molar-refractivity contribution in [3.8, 4) is 5.75 Å². The standard InChI is InChI=1S/C17H24N2O3/c1-11(2)9-19-13-7-6-12(18-16(21)17(3,4)5)8-14(13)22-10-15(19)20/h6-8,11H,9-10H2,1-5H3,(H,18,21). The van der Waals surface area contributed by atoms with Gasteiger partial charge < -0.3 is 15.0 Å². The second-order valence-corrected chi connectivity index (χ2v) is 7.07. The van der Waals surface area contributed by atoms with Crippen LogP contribution in [-0.2, 0) is 9.59 Å². The monoisotopic (exact) mass is 304 g/mol. The molecule has 2 amide bonds. The molecule has 1 N–H and O–H groups in total. The number of rotatable bonds is 3. The molecular weight excluding hydrogens is 280 g/mol. The Bertz CT molecular complexity index is 588. The lowest BCUT2D eigenvalue weighted by atomic mass is 9.95. The second-order valence-electron chi connectivity index (χ2n) is 7.07. The lowest BCUT2D eigenvalue weighted by Crippen LogP contribution is -2.41. The molecule has 0 aromatic heterocycles. The first kappa shape index (κ1) is 16.3. The van der Waals surface area contributed by atoms with Crippen LogP contribution in [0.15, 0.2) is 18.2 Å². The van der Waals surface area contributed by atoms with Crippen molar-refractivity contribution in [3.05, 3.63) is 18.2 Å². The van der Waals surface area contributed by atoms with Gasteiger partial charge in [0.05, 0.1) is 5.69 Å². The molecule has 1 aromatic carbocycles. The molecule has 0 saturated carbocycles. The van der Waals surface area contributed by atoms with Crippen LogP contribution in [0.25, 0.3) is 0 Å². The fourth-order valence-electron chi connectivity index (χ4n) is 2.17. The van der Waals surface area contributed by atoms with Gasteiger partial charge in [0.2, 0.25) is 5.91 Å². The van der Waals surface area contributed by atoms with Gasteiger partial charge in [-0.25, -0.2) is 0 Å². The number of benzene rings is 1. The summed E-state index contributed by atoms with van der Waals surface area (Å²) < 4.78 is 5.51. The van der Waals surface area contributed by atoms with Crippen molar-refractivity contribution >= 4 is 23.2 Å². The van der Waals surface area contributed by atoms with Crippen LogP contribution in [0.5, 0.6) is 5.75 Å². The summed E-state index contributed by atoms with van der Waals surface area (Å²) in [7, 11) is 0. The van der Waals surface area contributed by atoms with E-state index in [-0.39, 0.29) is 18.4 Å². The van der Waals surface area contributed by atoms with Gasteiger partial charge in [-0.2, -0.15) is 0 Å². The van der Waals surface area contributed by atoms with Gasteiger partial charge >= 0.3 is 0 Å². The van der Waals surface area contributed by atoms with Crippen LogP contribution >= 0.6 is 0 Å². The summed E-state index contributed by atoms with van der Waals surface area (Å²) in [5, 5.41) is 2.88. The maximum absolute atomic E-state index is 12.0. The van der Waals surface area contributed by atoms with E-state index in [0.29, 0.717) is 23.9 Å². The first-order valence-electron chi connectivity index (χ1n) is 7.57. The molecule has 0 radical (unpaired) electrons. The molecule has 0 aliphatic carbocycles. The Morgan fingerprint density at radius 1 is 1.36 bits per heavy atom. The molecule has 2 rings (SSSR count). The Labute approximate surface area is 131 Å². The summed E-state index contributed by atoms with van der Waals surface area (Å²) in [4.78, 5) is 25.8. The normalized spacial score (nSPS) is 14.6. The summed E-state index contributed by atoms with van der Waals surface area (Å²) in [6, 6.07) is 5.41. The first-order chi connectivity index (χ1) is 10.2. The molecule has 1 heterocycles. The Kier molecular flexibility index (Phi) is 4.44. The van der Waals surface area contributed by atoms with Gasteiger partial charge in [-0.3, -0.25) is 9.59 Å². The highest BCUT2D eigenvalue weighted by Crippen LogP contribution is 2.35. The van der Waals surface area contributed by atoms with Crippen molar-refractivity contribution < 1.29 is 14.3 Å². The van der Waals surface area contributed by atoms with Gasteiger partial charge in [0.25, 0.3) is 5.91 Å². The van der Waals surface area contributed by atoms with E-state index in [1.807, 2.05) is 26.8 Å². The number of ether oxygens (including phenoxy) is 1. The van der Waals surface area contributed by atoms with Crippen LogP contribution in [0.2, 0.25) is 0 Å². The minimum Gasteiger partial charge on any atom is -0.481 e. The van der Waals surface area contributed by atoms with Crippen LogP contribution in [0.4, 0.5) is 11.4 Å². The third-order valence-corrected chi connectivity index (χ3v) is 3.39. The van der Waals surface area contributed by atoms with E-state index in [9.17, 15) is 9.59 Å². The smallest absolute Gasteiger partial charge is 0.265 e. The topological polar surface area (TPSA) is 58.6 Å². The molecule has 0 saturated heterocycles. The highest BCUT2D eigenvalue weighted by molar-refractivity contribution is 5.99. The van der Waals surface area contributed by atoms with Gasteiger partial charge in [-0.05, 0) is 18.1 Å². The number of amides is 2. The summed E-state index contributed by atoms with van der Waals surface area (Å²) in [6.07, 6.45) is 0. The summed E-state index contributed by atoms with van der Waals surface area (Å²) in [6.45, 7) is 10.4. The van der Waals surface area contributed by atoms with Crippen LogP contribution in [0.1, 0.15) is 34.6 Å². The number of carbonyl (C=O) groups is 2. The molecule has 0 spiro atoms. The third-order valence-electron chi connectivity index (χ3n) is 3.39. The fourth-order valence-corrected chi connectivity index (χ4v) is 2.17. The van der Waals surface area contributed by atoms with Crippen molar-refractivity contribution in [3.63, 3.8) is 0 Å². The quantitative estimate of drug-likeness (QED) is 0.933. The Morgan fingerprint density at radius 3 is 2.64 bits per heavy atom. The molecule has 0 atom stereocenters. The molecule has 0 fully saturated rings. The number of anilines is 2. The minimum absolute atomic E-state index is 0.0346. The Balaban J connectivity index is 2.24. The highest BCUT2D eigenvalue weighted by atomic mass is 16.5. The predicted molar refractivity (Wildman–Crippen MR) is 87.2 cm³/mol. The van der Waals surface area contributed by atoms with E-state index >= 15 is 0 Å². The number of nitrogens with one attached hydrogen (secondary N) is 1. The number of nitrogens with zero attached hydrogens (tertiary/aromatic N) is 1. The van der Waals surface area contributed by atoms with E-state index < -0.39 is 5.41 Å². The average Bonchev–Trinajstić information content (AvgIpc) is 2.40. The molecule has 0 bridgehead atoms. The summed E-state index contributed by atoms with van der Waals surface area (Å²) in [5.41, 5.74) is 0.979. The highest BCUT2D eigenvalue weighted by Gasteiger charge is 2.27. The van der Waals surface area contributed by atoms with E-state index in [0.717, 1.165) is 5.69 Å². The largest absolute Gasteiger partial charge is 0.481 e. The average molecular weight is 304 g/mol. The summed E-state index contributed by atoms with van der Waals surface area (Å²) >= 11 is 0. The predicted octanol–water partition coefficient (Wildman–Crippen LogP) is 3.05. The zero-order valence-electron chi connectivity index (χ0n) is 13.9. The van der Waals surface area contributed by atoms with Gasteiger partial charge in [-0.1, -0.05) is 34.6 Å². The molecule has 1 aliphatic heterocycles. The number of fused-ring (bicyclic) bond motifs is 1. The first-order valence-corrected chi connectivity index (χ1v) is 7.57. The molecule has 0 unspecified atom stereocenters. The van der Waals surface area contributed by atoms with Gasteiger partial charge in [0.15, 0.2) is 6.61 Å². The maximum atomic E-state index is 12.0. The minimum atomic E-state index is -0.462. The molecule has 5 heteroatoms. The van der Waals surface area contributed by atoms with E-state index in [4.69, 9.17) is 4.74 Å². The van der Waals surface area contributed by atoms with Crippen molar-refractivity contribution in [1.29, 1.82) is 0 Å². The third kappa shape index (κ3) is 3.59. The fraction of sp³-hybridized carbons (Fsp3) is 0.529. The number of carbonyl (C=O) groups excluding carboxylic acids is 2. The molecule has 5 nitrogen and oxygen atoms in total. The van der Waals surface area contributed by atoms with Crippen LogP contribution in [0.3, 0.4) is 0 Å². The van der Waals surface area contributed by atoms with Gasteiger partial charge in [0.1, 0.15) is 5.75 Å². The molecule has 120 valence electrons. The van der Waals surface area contributed by atoms with Crippen LogP contribution < -0.4 is 15.0 Å². The lowest BCUT2D eigenvalue weighted by Gasteiger charge is -2.31. The van der Waals surface area contributed by atoms with E-state index in [1.54, 1.807) is 17.0 Å². The zero-order valence-corrected chi connectivity index (χ0v) is 13.9. The Hall–Kier alpha value is -2.04. The molecular formula is C17H24N2O3. The molecule has 1 aliphatic rings. The SMILES string of the molecule is CC(C)CN1C(=O)COc2cc(NC(=O)C(C)(C)C)ccc21. The molecule has 22 heavy (non-hydrogen) atoms. The van der Waals surface area contributed by atoms with Crippen molar-refractivity contribution in [2.24, 2.45) is 11.3 Å². The van der Waals surface area contributed by atoms with E-state index in [2.05, 4.69) is 19.2 Å². The van der Waals surface area contributed by atoms with Crippen molar-refractivity contribution in [2.45, 2.75) is 34.6 Å².